The molecule has 0 saturated heterocycles. The lowest BCUT2D eigenvalue weighted by Crippen LogP contribution is -2.19. The van der Waals surface area contributed by atoms with Crippen LogP contribution in [0.15, 0.2) is 36.8 Å². The summed E-state index contributed by atoms with van der Waals surface area (Å²) in [7, 11) is 0. The lowest BCUT2D eigenvalue weighted by Gasteiger charge is -2.15. The minimum absolute atomic E-state index is 0.243. The Morgan fingerprint density at radius 2 is 2.11 bits per heavy atom. The van der Waals surface area contributed by atoms with E-state index in [1.807, 2.05) is 36.8 Å². The van der Waals surface area contributed by atoms with E-state index in [4.69, 9.17) is 5.26 Å². The van der Waals surface area contributed by atoms with Gasteiger partial charge in [0.05, 0.1) is 23.7 Å². The number of aryl methyl sites for hydroxylation is 1. The van der Waals surface area contributed by atoms with Crippen molar-refractivity contribution in [2.75, 3.05) is 0 Å². The maximum Gasteiger partial charge on any atom is 0.0991 e. The van der Waals surface area contributed by atoms with Gasteiger partial charge in [0.1, 0.15) is 0 Å². The number of hydrogen-bond donors (Lipinski definition) is 1. The van der Waals surface area contributed by atoms with Crippen molar-refractivity contribution in [2.24, 2.45) is 0 Å². The van der Waals surface area contributed by atoms with Crippen LogP contribution < -0.4 is 5.32 Å². The fraction of sp³-hybridized carbons (Fsp3) is 0.333. The van der Waals surface area contributed by atoms with Crippen molar-refractivity contribution in [1.82, 2.24) is 14.9 Å². The molecular weight excluding hydrogens is 236 g/mol. The summed E-state index contributed by atoms with van der Waals surface area (Å²) in [6.07, 6.45) is 3.74. The number of benzene rings is 1. The van der Waals surface area contributed by atoms with E-state index < -0.39 is 0 Å². The summed E-state index contributed by atoms with van der Waals surface area (Å²) in [6, 6.07) is 10.1. The molecule has 1 N–H and O–H groups in total. The molecule has 98 valence electrons. The molecule has 1 atom stereocenters. The maximum absolute atomic E-state index is 8.78. The Morgan fingerprint density at radius 1 is 1.37 bits per heavy atom. The van der Waals surface area contributed by atoms with Crippen LogP contribution in [0.2, 0.25) is 0 Å². The van der Waals surface area contributed by atoms with Crippen molar-refractivity contribution in [1.29, 1.82) is 5.26 Å². The third-order valence-electron chi connectivity index (χ3n) is 3.27. The minimum Gasteiger partial charge on any atom is -0.334 e. The van der Waals surface area contributed by atoms with Gasteiger partial charge < -0.3 is 9.88 Å². The summed E-state index contributed by atoms with van der Waals surface area (Å²) in [5.74, 6) is 0. The zero-order valence-electron chi connectivity index (χ0n) is 11.3. The van der Waals surface area contributed by atoms with Crippen molar-refractivity contribution in [3.63, 3.8) is 0 Å². The minimum atomic E-state index is 0.243. The molecule has 0 bridgehead atoms. The summed E-state index contributed by atoms with van der Waals surface area (Å²) in [6.45, 7) is 5.94. The van der Waals surface area contributed by atoms with Crippen LogP contribution in [0.1, 0.15) is 36.7 Å². The van der Waals surface area contributed by atoms with Gasteiger partial charge in [-0.15, -0.1) is 0 Å². The molecule has 0 aliphatic carbocycles. The van der Waals surface area contributed by atoms with E-state index >= 15 is 0 Å². The highest BCUT2D eigenvalue weighted by molar-refractivity contribution is 5.32. The summed E-state index contributed by atoms with van der Waals surface area (Å²) >= 11 is 0. The Hall–Kier alpha value is -2.12. The normalized spacial score (nSPS) is 12.1. The van der Waals surface area contributed by atoms with Gasteiger partial charge in [-0.1, -0.05) is 12.1 Å². The molecule has 4 heteroatoms. The van der Waals surface area contributed by atoms with Crippen LogP contribution in [0, 0.1) is 11.3 Å². The van der Waals surface area contributed by atoms with Gasteiger partial charge in [0.15, 0.2) is 0 Å². The molecule has 2 rings (SSSR count). The zero-order valence-corrected chi connectivity index (χ0v) is 11.3. The van der Waals surface area contributed by atoms with E-state index in [2.05, 4.69) is 34.8 Å². The molecule has 1 unspecified atom stereocenters. The van der Waals surface area contributed by atoms with Gasteiger partial charge in [-0.3, -0.25) is 0 Å². The fourth-order valence-corrected chi connectivity index (χ4v) is 2.00. The van der Waals surface area contributed by atoms with Crippen molar-refractivity contribution in [3.8, 4) is 6.07 Å². The van der Waals surface area contributed by atoms with Crippen molar-refractivity contribution in [3.05, 3.63) is 53.6 Å². The second-order valence-electron chi connectivity index (χ2n) is 4.51. The summed E-state index contributed by atoms with van der Waals surface area (Å²) in [5.41, 5.74) is 3.06. The first-order valence-electron chi connectivity index (χ1n) is 6.47. The summed E-state index contributed by atoms with van der Waals surface area (Å²) in [5, 5.41) is 12.2. The molecule has 1 aromatic carbocycles. The van der Waals surface area contributed by atoms with Gasteiger partial charge in [-0.25, -0.2) is 4.98 Å². The molecule has 1 heterocycles. The van der Waals surface area contributed by atoms with E-state index in [0.717, 1.165) is 13.1 Å². The topological polar surface area (TPSA) is 53.6 Å². The van der Waals surface area contributed by atoms with Crippen LogP contribution in [0.3, 0.4) is 0 Å². The first-order chi connectivity index (χ1) is 9.24. The van der Waals surface area contributed by atoms with Crippen molar-refractivity contribution < 1.29 is 0 Å². The van der Waals surface area contributed by atoms with Crippen LogP contribution >= 0.6 is 0 Å². The lowest BCUT2D eigenvalue weighted by atomic mass is 10.1. The fourth-order valence-electron chi connectivity index (χ4n) is 2.00. The number of rotatable bonds is 5. The van der Waals surface area contributed by atoms with Crippen LogP contribution in [0.25, 0.3) is 0 Å². The molecule has 0 amide bonds. The van der Waals surface area contributed by atoms with Crippen LogP contribution in [-0.2, 0) is 13.1 Å². The third-order valence-corrected chi connectivity index (χ3v) is 3.27. The molecule has 0 aliphatic heterocycles. The van der Waals surface area contributed by atoms with Crippen LogP contribution in [-0.4, -0.2) is 9.55 Å². The molecule has 0 saturated carbocycles. The Balaban J connectivity index is 1.97. The lowest BCUT2D eigenvalue weighted by molar-refractivity contribution is 0.549. The van der Waals surface area contributed by atoms with Crippen LogP contribution in [0.4, 0.5) is 0 Å². The first kappa shape index (κ1) is 13.3. The van der Waals surface area contributed by atoms with E-state index in [1.165, 1.54) is 11.3 Å². The number of nitriles is 1. The summed E-state index contributed by atoms with van der Waals surface area (Å²) < 4.78 is 2.12. The molecular formula is C15H18N4. The number of imidazole rings is 1. The predicted octanol–water partition coefficient (Wildman–Crippen LogP) is 2.63. The average molecular weight is 254 g/mol. The zero-order chi connectivity index (χ0) is 13.7. The number of nitrogens with zero attached hydrogens (tertiary/aromatic N) is 3. The SMILES string of the molecule is CCn1cncc1CNC(C)c1ccc(C#N)cc1. The standard InChI is InChI=1S/C15H18N4/c1-3-19-11-17-9-15(19)10-18-12(2)14-6-4-13(8-16)5-7-14/h4-7,9,11-12,18H,3,10H2,1-2H3. The van der Waals surface area contributed by atoms with E-state index in [0.29, 0.717) is 5.56 Å². The quantitative estimate of drug-likeness (QED) is 0.892. The molecule has 0 fully saturated rings. The maximum atomic E-state index is 8.78. The predicted molar refractivity (Wildman–Crippen MR) is 74.3 cm³/mol. The highest BCUT2D eigenvalue weighted by Gasteiger charge is 2.06. The van der Waals surface area contributed by atoms with Gasteiger partial charge in [0.2, 0.25) is 0 Å². The second kappa shape index (κ2) is 6.17. The van der Waals surface area contributed by atoms with E-state index in [9.17, 15) is 0 Å². The Kier molecular flexibility index (Phi) is 4.32. The molecule has 2 aromatic rings. The molecule has 4 nitrogen and oxygen atoms in total. The molecule has 19 heavy (non-hydrogen) atoms. The number of hydrogen-bond acceptors (Lipinski definition) is 3. The van der Waals surface area contributed by atoms with Gasteiger partial charge >= 0.3 is 0 Å². The highest BCUT2D eigenvalue weighted by Crippen LogP contribution is 2.14. The van der Waals surface area contributed by atoms with Gasteiger partial charge in [-0.2, -0.15) is 5.26 Å². The molecule has 1 aromatic heterocycles. The first-order valence-corrected chi connectivity index (χ1v) is 6.47. The largest absolute Gasteiger partial charge is 0.334 e. The average Bonchev–Trinajstić information content (AvgIpc) is 2.92. The highest BCUT2D eigenvalue weighted by atomic mass is 15.1. The summed E-state index contributed by atoms with van der Waals surface area (Å²) in [4.78, 5) is 4.15. The Labute approximate surface area is 113 Å². The molecule has 0 radical (unpaired) electrons. The second-order valence-corrected chi connectivity index (χ2v) is 4.51. The Morgan fingerprint density at radius 3 is 2.74 bits per heavy atom. The Bertz CT molecular complexity index is 563. The van der Waals surface area contributed by atoms with Crippen LogP contribution in [0.5, 0.6) is 0 Å². The number of aromatic nitrogens is 2. The van der Waals surface area contributed by atoms with Gasteiger partial charge in [0.25, 0.3) is 0 Å². The van der Waals surface area contributed by atoms with E-state index in [-0.39, 0.29) is 6.04 Å². The van der Waals surface area contributed by atoms with Gasteiger partial charge in [-0.05, 0) is 31.5 Å². The monoisotopic (exact) mass is 254 g/mol. The molecule has 0 aliphatic rings. The third kappa shape index (κ3) is 3.21. The molecule has 0 spiro atoms. The van der Waals surface area contributed by atoms with Crippen molar-refractivity contribution >= 4 is 0 Å². The van der Waals surface area contributed by atoms with E-state index in [1.54, 1.807) is 0 Å². The smallest absolute Gasteiger partial charge is 0.0991 e. The van der Waals surface area contributed by atoms with Gasteiger partial charge in [0, 0.05) is 25.3 Å². The number of nitrogens with one attached hydrogen (secondary N) is 1. The van der Waals surface area contributed by atoms with Crippen molar-refractivity contribution in [2.45, 2.75) is 33.0 Å².